The molecule has 2 saturated heterocycles. The van der Waals surface area contributed by atoms with Gasteiger partial charge in [0, 0.05) is 30.9 Å². The highest BCUT2D eigenvalue weighted by Crippen LogP contribution is 2.24. The molecule has 1 aromatic carbocycles. The summed E-state index contributed by atoms with van der Waals surface area (Å²) in [7, 11) is 0. The van der Waals surface area contributed by atoms with E-state index in [1.54, 1.807) is 0 Å². The molecule has 0 radical (unpaired) electrons. The summed E-state index contributed by atoms with van der Waals surface area (Å²) in [6, 6.07) is 11.3. The molecule has 2 fully saturated rings. The molecule has 0 aliphatic carbocycles. The lowest BCUT2D eigenvalue weighted by molar-refractivity contribution is 0.206. The minimum atomic E-state index is 0.206. The number of rotatable bonds is 3. The van der Waals surface area contributed by atoms with Crippen molar-refractivity contribution in [3.63, 3.8) is 0 Å². The number of hydrogen-bond acceptors (Lipinski definition) is 3. The molecule has 0 amide bonds. The van der Waals surface area contributed by atoms with E-state index < -0.39 is 0 Å². The van der Waals surface area contributed by atoms with Crippen LogP contribution in [0.2, 0.25) is 0 Å². The van der Waals surface area contributed by atoms with Crippen molar-refractivity contribution in [1.82, 2.24) is 10.2 Å². The number of nitrogens with one attached hydrogen (secondary N) is 1. The molecule has 4 heteroatoms. The number of thioether (sulfide) groups is 1. The van der Waals surface area contributed by atoms with Crippen LogP contribution in [-0.4, -0.2) is 40.5 Å². The molecule has 21 heavy (non-hydrogen) atoms. The normalized spacial score (nSPS) is 25.1. The van der Waals surface area contributed by atoms with Crippen LogP contribution in [0.4, 0.5) is 0 Å². The summed E-state index contributed by atoms with van der Waals surface area (Å²) in [6.45, 7) is 7.87. The van der Waals surface area contributed by atoms with Crippen molar-refractivity contribution in [2.24, 2.45) is 4.99 Å². The van der Waals surface area contributed by atoms with Crippen LogP contribution in [0.15, 0.2) is 35.3 Å². The first-order valence-electron chi connectivity index (χ1n) is 7.86. The van der Waals surface area contributed by atoms with Crippen molar-refractivity contribution in [1.29, 1.82) is 0 Å². The molecule has 0 aromatic heterocycles. The monoisotopic (exact) mass is 303 g/mol. The highest BCUT2D eigenvalue weighted by molar-refractivity contribution is 8.14. The molecule has 2 aliphatic heterocycles. The Morgan fingerprint density at radius 2 is 1.95 bits per heavy atom. The van der Waals surface area contributed by atoms with Gasteiger partial charge in [-0.15, -0.1) is 0 Å². The van der Waals surface area contributed by atoms with E-state index in [0.29, 0.717) is 6.04 Å². The molecule has 3 nitrogen and oxygen atoms in total. The molecule has 0 atom stereocenters. The van der Waals surface area contributed by atoms with Crippen LogP contribution in [0.25, 0.3) is 0 Å². The van der Waals surface area contributed by atoms with E-state index >= 15 is 0 Å². The average Bonchev–Trinajstić information content (AvgIpc) is 2.81. The van der Waals surface area contributed by atoms with Gasteiger partial charge in [0.15, 0.2) is 5.17 Å². The van der Waals surface area contributed by atoms with Crippen molar-refractivity contribution < 1.29 is 0 Å². The third-order valence-corrected chi connectivity index (χ3v) is 5.47. The first kappa shape index (κ1) is 14.9. The molecule has 1 N–H and O–H groups in total. The van der Waals surface area contributed by atoms with E-state index in [2.05, 4.69) is 54.4 Å². The highest BCUT2D eigenvalue weighted by atomic mass is 32.2. The molecule has 3 rings (SSSR count). The zero-order valence-electron chi connectivity index (χ0n) is 13.0. The molecule has 0 saturated carbocycles. The van der Waals surface area contributed by atoms with Gasteiger partial charge in [-0.25, -0.2) is 0 Å². The lowest BCUT2D eigenvalue weighted by Crippen LogP contribution is -2.38. The second-order valence-corrected chi connectivity index (χ2v) is 7.69. The van der Waals surface area contributed by atoms with Gasteiger partial charge in [0.2, 0.25) is 0 Å². The molecule has 0 bridgehead atoms. The fraction of sp³-hybridized carbons (Fsp3) is 0.588. The molecule has 2 aliphatic rings. The maximum absolute atomic E-state index is 4.91. The lowest BCUT2D eigenvalue weighted by atomic mass is 10.0. The Kier molecular flexibility index (Phi) is 4.55. The van der Waals surface area contributed by atoms with Gasteiger partial charge in [-0.05, 0) is 32.3 Å². The zero-order chi connectivity index (χ0) is 14.7. The number of likely N-dealkylation sites (tertiary alicyclic amines) is 1. The predicted molar refractivity (Wildman–Crippen MR) is 91.8 cm³/mol. The van der Waals surface area contributed by atoms with Crippen LogP contribution in [0.1, 0.15) is 32.3 Å². The molecular formula is C17H25N3S. The third kappa shape index (κ3) is 4.24. The smallest absolute Gasteiger partial charge is 0.157 e. The standard InChI is InChI=1S/C17H25N3S/c1-17(2)13-21-16(19-17)18-15-8-10-20(11-9-15)12-14-6-4-3-5-7-14/h3-7,15H,8-13H2,1-2H3,(H,18,19). The van der Waals surface area contributed by atoms with Crippen LogP contribution in [0.5, 0.6) is 0 Å². The van der Waals surface area contributed by atoms with Gasteiger partial charge in [0.25, 0.3) is 0 Å². The maximum Gasteiger partial charge on any atom is 0.157 e. The van der Waals surface area contributed by atoms with E-state index in [0.717, 1.165) is 30.6 Å². The Morgan fingerprint density at radius 1 is 1.24 bits per heavy atom. The summed E-state index contributed by atoms with van der Waals surface area (Å²) in [5.41, 5.74) is 1.62. The Hall–Kier alpha value is -1.00. The van der Waals surface area contributed by atoms with Crippen molar-refractivity contribution in [2.45, 2.75) is 44.8 Å². The summed E-state index contributed by atoms with van der Waals surface area (Å²) >= 11 is 1.87. The average molecular weight is 303 g/mol. The zero-order valence-corrected chi connectivity index (χ0v) is 13.8. The van der Waals surface area contributed by atoms with Gasteiger partial charge in [-0.3, -0.25) is 9.89 Å². The molecule has 0 unspecified atom stereocenters. The fourth-order valence-electron chi connectivity index (χ4n) is 2.89. The fourth-order valence-corrected chi connectivity index (χ4v) is 4.04. The number of benzene rings is 1. The Balaban J connectivity index is 1.48. The van der Waals surface area contributed by atoms with E-state index in [-0.39, 0.29) is 5.54 Å². The third-order valence-electron chi connectivity index (χ3n) is 4.12. The molecule has 114 valence electrons. The Morgan fingerprint density at radius 3 is 2.57 bits per heavy atom. The number of hydrogen-bond donors (Lipinski definition) is 1. The van der Waals surface area contributed by atoms with E-state index in [4.69, 9.17) is 4.99 Å². The largest absolute Gasteiger partial charge is 0.359 e. The van der Waals surface area contributed by atoms with Gasteiger partial charge >= 0.3 is 0 Å². The van der Waals surface area contributed by atoms with Crippen molar-refractivity contribution in [3.8, 4) is 0 Å². The van der Waals surface area contributed by atoms with Crippen LogP contribution in [-0.2, 0) is 6.54 Å². The number of aliphatic imine (C=N–C) groups is 1. The second kappa shape index (κ2) is 6.41. The number of amidine groups is 1. The van der Waals surface area contributed by atoms with Crippen LogP contribution < -0.4 is 5.32 Å². The number of nitrogens with zero attached hydrogens (tertiary/aromatic N) is 2. The Bertz CT molecular complexity index is 490. The van der Waals surface area contributed by atoms with E-state index in [1.807, 2.05) is 11.8 Å². The van der Waals surface area contributed by atoms with Crippen molar-refractivity contribution in [3.05, 3.63) is 35.9 Å². The molecule has 1 aromatic rings. The van der Waals surface area contributed by atoms with Crippen LogP contribution >= 0.6 is 11.8 Å². The summed E-state index contributed by atoms with van der Waals surface area (Å²) in [4.78, 5) is 7.46. The van der Waals surface area contributed by atoms with Gasteiger partial charge in [0.1, 0.15) is 0 Å². The number of piperidine rings is 1. The van der Waals surface area contributed by atoms with Gasteiger partial charge in [-0.1, -0.05) is 42.1 Å². The summed E-state index contributed by atoms with van der Waals surface area (Å²) < 4.78 is 0. The quantitative estimate of drug-likeness (QED) is 0.930. The van der Waals surface area contributed by atoms with E-state index in [1.165, 1.54) is 18.4 Å². The lowest BCUT2D eigenvalue weighted by Gasteiger charge is -2.30. The molecule has 2 heterocycles. The van der Waals surface area contributed by atoms with Crippen molar-refractivity contribution >= 4 is 16.9 Å². The maximum atomic E-state index is 4.91. The molecular weight excluding hydrogens is 278 g/mol. The van der Waals surface area contributed by atoms with Crippen molar-refractivity contribution in [2.75, 3.05) is 18.8 Å². The van der Waals surface area contributed by atoms with Gasteiger partial charge in [0.05, 0.1) is 6.04 Å². The van der Waals surface area contributed by atoms with Crippen LogP contribution in [0, 0.1) is 0 Å². The minimum absolute atomic E-state index is 0.206. The highest BCUT2D eigenvalue weighted by Gasteiger charge is 2.28. The summed E-state index contributed by atoms with van der Waals surface area (Å²) in [5.74, 6) is 1.12. The SMILES string of the molecule is CC1(C)CSC(=NC2CCN(Cc3ccccc3)CC2)N1. The first-order valence-corrected chi connectivity index (χ1v) is 8.84. The van der Waals surface area contributed by atoms with E-state index in [9.17, 15) is 0 Å². The molecule has 0 spiro atoms. The first-order chi connectivity index (χ1) is 10.1. The topological polar surface area (TPSA) is 27.6 Å². The summed E-state index contributed by atoms with van der Waals surface area (Å²) in [6.07, 6.45) is 2.36. The minimum Gasteiger partial charge on any atom is -0.359 e. The predicted octanol–water partition coefficient (Wildman–Crippen LogP) is 3.12. The van der Waals surface area contributed by atoms with Crippen LogP contribution in [0.3, 0.4) is 0 Å². The summed E-state index contributed by atoms with van der Waals surface area (Å²) in [5, 5.41) is 4.68. The second-order valence-electron chi connectivity index (χ2n) is 6.72. The van der Waals surface area contributed by atoms with Gasteiger partial charge in [-0.2, -0.15) is 0 Å². The Labute approximate surface area is 132 Å². The van der Waals surface area contributed by atoms with Gasteiger partial charge < -0.3 is 5.32 Å².